The van der Waals surface area contributed by atoms with E-state index >= 15 is 0 Å². The normalized spacial score (nSPS) is 10.6. The maximum Gasteiger partial charge on any atom is 0.234 e. The van der Waals surface area contributed by atoms with Crippen LogP contribution in [0.3, 0.4) is 0 Å². The Labute approximate surface area is 163 Å². The lowest BCUT2D eigenvalue weighted by Crippen LogP contribution is -2.15. The van der Waals surface area contributed by atoms with Crippen LogP contribution in [0.4, 0.5) is 5.69 Å². The van der Waals surface area contributed by atoms with Crippen molar-refractivity contribution in [3.8, 4) is 5.75 Å². The summed E-state index contributed by atoms with van der Waals surface area (Å²) in [6.07, 6.45) is 0. The lowest BCUT2D eigenvalue weighted by Gasteiger charge is -2.11. The number of carbonyl (C=O) groups is 1. The van der Waals surface area contributed by atoms with E-state index in [1.54, 1.807) is 0 Å². The van der Waals surface area contributed by atoms with E-state index in [-0.39, 0.29) is 11.7 Å². The van der Waals surface area contributed by atoms with Crippen LogP contribution in [-0.4, -0.2) is 33.0 Å². The first-order chi connectivity index (χ1) is 13.2. The number of carbonyl (C=O) groups excluding carboxylic acids is 1. The summed E-state index contributed by atoms with van der Waals surface area (Å²) < 4.78 is 7.56. The van der Waals surface area contributed by atoms with Gasteiger partial charge < -0.3 is 14.6 Å². The smallest absolute Gasteiger partial charge is 0.234 e. The van der Waals surface area contributed by atoms with Crippen molar-refractivity contribution in [2.75, 3.05) is 17.7 Å². The fourth-order valence-corrected chi connectivity index (χ4v) is 3.37. The van der Waals surface area contributed by atoms with Gasteiger partial charge in [-0.15, -0.1) is 10.2 Å². The van der Waals surface area contributed by atoms with Gasteiger partial charge in [-0.1, -0.05) is 54.2 Å². The third-order valence-corrected chi connectivity index (χ3v) is 4.85. The van der Waals surface area contributed by atoms with Gasteiger partial charge in [-0.05, 0) is 31.5 Å². The van der Waals surface area contributed by atoms with Crippen molar-refractivity contribution < 1.29 is 9.53 Å². The van der Waals surface area contributed by atoms with Gasteiger partial charge in [0.1, 0.15) is 11.6 Å². The van der Waals surface area contributed by atoms with Crippen LogP contribution in [0.15, 0.2) is 59.8 Å². The molecule has 140 valence electrons. The highest BCUT2D eigenvalue weighted by atomic mass is 32.2. The molecule has 1 amide bonds. The number of hydrogen-bond donors (Lipinski definition) is 1. The minimum atomic E-state index is -0.112. The quantitative estimate of drug-likeness (QED) is 0.601. The first-order valence-electron chi connectivity index (χ1n) is 8.75. The van der Waals surface area contributed by atoms with Crippen LogP contribution in [0, 0.1) is 6.92 Å². The molecule has 1 heterocycles. The number of para-hydroxylation sites is 2. The Morgan fingerprint density at radius 3 is 2.63 bits per heavy atom. The van der Waals surface area contributed by atoms with Gasteiger partial charge in [0.15, 0.2) is 5.16 Å². The van der Waals surface area contributed by atoms with Gasteiger partial charge in [0, 0.05) is 0 Å². The number of hydrogen-bond acceptors (Lipinski definition) is 5. The fraction of sp³-hybridized carbons (Fsp3) is 0.250. The summed E-state index contributed by atoms with van der Waals surface area (Å²) in [5.41, 5.74) is 1.84. The average molecular weight is 382 g/mol. The second-order valence-corrected chi connectivity index (χ2v) is 6.81. The van der Waals surface area contributed by atoms with E-state index in [2.05, 4.69) is 27.6 Å². The van der Waals surface area contributed by atoms with Crippen molar-refractivity contribution in [2.24, 2.45) is 0 Å². The van der Waals surface area contributed by atoms with E-state index in [1.807, 2.05) is 60.9 Å². The van der Waals surface area contributed by atoms with Crippen molar-refractivity contribution in [3.05, 3.63) is 66.0 Å². The standard InChI is InChI=1S/C20H22N4O2S/c1-3-26-18-12-8-7-11-17(18)21-19(25)14-27-20-23-22-15(2)24(20)13-16-9-5-4-6-10-16/h4-12H,3,13-14H2,1-2H3,(H,21,25). The molecule has 6 nitrogen and oxygen atoms in total. The second-order valence-electron chi connectivity index (χ2n) is 5.87. The van der Waals surface area contributed by atoms with Crippen LogP contribution >= 0.6 is 11.8 Å². The molecule has 2 aromatic carbocycles. The van der Waals surface area contributed by atoms with Crippen molar-refractivity contribution in [3.63, 3.8) is 0 Å². The summed E-state index contributed by atoms with van der Waals surface area (Å²) in [6, 6.07) is 17.5. The van der Waals surface area contributed by atoms with Crippen LogP contribution in [0.5, 0.6) is 5.75 Å². The van der Waals surface area contributed by atoms with E-state index in [9.17, 15) is 4.79 Å². The summed E-state index contributed by atoms with van der Waals surface area (Å²) >= 11 is 1.37. The third kappa shape index (κ3) is 5.10. The number of amides is 1. The second kappa shape index (κ2) is 9.23. The van der Waals surface area contributed by atoms with Gasteiger partial charge in [0.05, 0.1) is 24.6 Å². The molecular formula is C20H22N4O2S. The molecule has 0 fully saturated rings. The molecule has 7 heteroatoms. The number of nitrogens with zero attached hydrogens (tertiary/aromatic N) is 3. The van der Waals surface area contributed by atoms with Crippen molar-refractivity contribution in [1.82, 2.24) is 14.8 Å². The summed E-state index contributed by atoms with van der Waals surface area (Å²) in [6.45, 7) is 5.05. The molecule has 0 unspecified atom stereocenters. The fourth-order valence-electron chi connectivity index (χ4n) is 2.58. The first kappa shape index (κ1) is 19.0. The van der Waals surface area contributed by atoms with E-state index in [1.165, 1.54) is 11.8 Å². The minimum Gasteiger partial charge on any atom is -0.492 e. The number of thioether (sulfide) groups is 1. The third-order valence-electron chi connectivity index (χ3n) is 3.88. The molecular weight excluding hydrogens is 360 g/mol. The molecule has 0 aliphatic carbocycles. The number of rotatable bonds is 8. The maximum absolute atomic E-state index is 12.4. The van der Waals surface area contributed by atoms with E-state index < -0.39 is 0 Å². The van der Waals surface area contributed by atoms with Gasteiger partial charge in [-0.2, -0.15) is 0 Å². The zero-order valence-electron chi connectivity index (χ0n) is 15.4. The number of aromatic nitrogens is 3. The Morgan fingerprint density at radius 2 is 1.85 bits per heavy atom. The molecule has 0 spiro atoms. The minimum absolute atomic E-state index is 0.112. The first-order valence-corrected chi connectivity index (χ1v) is 9.74. The number of benzene rings is 2. The van der Waals surface area contributed by atoms with E-state index in [0.29, 0.717) is 24.6 Å². The SMILES string of the molecule is CCOc1ccccc1NC(=O)CSc1nnc(C)n1Cc1ccccc1. The highest BCUT2D eigenvalue weighted by Crippen LogP contribution is 2.24. The zero-order chi connectivity index (χ0) is 19.1. The van der Waals surface area contributed by atoms with Crippen LogP contribution in [0.2, 0.25) is 0 Å². The van der Waals surface area contributed by atoms with Crippen LogP contribution in [0.1, 0.15) is 18.3 Å². The molecule has 1 N–H and O–H groups in total. The van der Waals surface area contributed by atoms with Gasteiger partial charge in [-0.25, -0.2) is 0 Å². The lowest BCUT2D eigenvalue weighted by atomic mass is 10.2. The Hall–Kier alpha value is -2.80. The Morgan fingerprint density at radius 1 is 1.11 bits per heavy atom. The van der Waals surface area contributed by atoms with Gasteiger partial charge in [-0.3, -0.25) is 4.79 Å². The predicted octanol–water partition coefficient (Wildman–Crippen LogP) is 3.76. The van der Waals surface area contributed by atoms with Crippen molar-refractivity contribution in [1.29, 1.82) is 0 Å². The summed E-state index contributed by atoms with van der Waals surface area (Å²) in [7, 11) is 0. The molecule has 27 heavy (non-hydrogen) atoms. The van der Waals surface area contributed by atoms with Crippen molar-refractivity contribution >= 4 is 23.4 Å². The molecule has 0 saturated heterocycles. The largest absolute Gasteiger partial charge is 0.492 e. The molecule has 0 saturated carbocycles. The van der Waals surface area contributed by atoms with Crippen LogP contribution in [-0.2, 0) is 11.3 Å². The Bertz CT molecular complexity index is 896. The molecule has 3 aromatic rings. The predicted molar refractivity (Wildman–Crippen MR) is 107 cm³/mol. The summed E-state index contributed by atoms with van der Waals surface area (Å²) in [5, 5.41) is 12.0. The molecule has 0 bridgehead atoms. The molecule has 0 aliphatic rings. The molecule has 1 aromatic heterocycles. The number of anilines is 1. The topological polar surface area (TPSA) is 69.0 Å². The van der Waals surface area contributed by atoms with Crippen molar-refractivity contribution in [2.45, 2.75) is 25.5 Å². The summed E-state index contributed by atoms with van der Waals surface area (Å²) in [4.78, 5) is 12.4. The molecule has 0 atom stereocenters. The summed E-state index contributed by atoms with van der Waals surface area (Å²) in [5.74, 6) is 1.62. The van der Waals surface area contributed by atoms with Crippen LogP contribution in [0.25, 0.3) is 0 Å². The highest BCUT2D eigenvalue weighted by Gasteiger charge is 2.13. The molecule has 0 radical (unpaired) electrons. The van der Waals surface area contributed by atoms with Crippen LogP contribution < -0.4 is 10.1 Å². The van der Waals surface area contributed by atoms with Gasteiger partial charge in [0.2, 0.25) is 5.91 Å². The zero-order valence-corrected chi connectivity index (χ0v) is 16.2. The Kier molecular flexibility index (Phi) is 6.49. The van der Waals surface area contributed by atoms with E-state index in [4.69, 9.17) is 4.74 Å². The highest BCUT2D eigenvalue weighted by molar-refractivity contribution is 7.99. The van der Waals surface area contributed by atoms with Gasteiger partial charge in [0.25, 0.3) is 0 Å². The number of ether oxygens (including phenoxy) is 1. The number of nitrogens with one attached hydrogen (secondary N) is 1. The molecule has 0 aliphatic heterocycles. The van der Waals surface area contributed by atoms with Gasteiger partial charge >= 0.3 is 0 Å². The lowest BCUT2D eigenvalue weighted by molar-refractivity contribution is -0.113. The maximum atomic E-state index is 12.4. The number of aryl methyl sites for hydroxylation is 1. The average Bonchev–Trinajstić information content (AvgIpc) is 3.02. The Balaban J connectivity index is 1.63. The molecule has 3 rings (SSSR count). The van der Waals surface area contributed by atoms with E-state index in [0.717, 1.165) is 16.5 Å². The monoisotopic (exact) mass is 382 g/mol.